The van der Waals surface area contributed by atoms with Crippen LogP contribution in [0, 0.1) is 0 Å². The molecule has 3 N–H and O–H groups in total. The maximum atomic E-state index is 11.5. The van der Waals surface area contributed by atoms with Crippen LogP contribution < -0.4 is 16.0 Å². The van der Waals surface area contributed by atoms with E-state index in [2.05, 4.69) is 20.3 Å². The molecule has 0 spiro atoms. The van der Waals surface area contributed by atoms with Crippen molar-refractivity contribution in [2.45, 2.75) is 0 Å². The number of rotatable bonds is 4. The van der Waals surface area contributed by atoms with Gasteiger partial charge in [0.2, 0.25) is 0 Å². The van der Waals surface area contributed by atoms with E-state index in [1.165, 1.54) is 17.7 Å². The number of carbonyl (C=O) groups is 1. The van der Waals surface area contributed by atoms with Crippen molar-refractivity contribution in [3.8, 4) is 0 Å². The average Bonchev–Trinajstić information content (AvgIpc) is 3.07. The molecule has 2 aromatic carbocycles. The summed E-state index contributed by atoms with van der Waals surface area (Å²) in [6.45, 7) is 0. The lowest BCUT2D eigenvalue weighted by molar-refractivity contribution is 0.1000. The van der Waals surface area contributed by atoms with Crippen LogP contribution in [0.2, 0.25) is 0 Å². The highest BCUT2D eigenvalue weighted by Gasteiger charge is 2.15. The minimum absolute atomic E-state index is 0.276. The van der Waals surface area contributed by atoms with E-state index in [1.807, 2.05) is 55.4 Å². The molecule has 0 fully saturated rings. The highest BCUT2D eigenvalue weighted by molar-refractivity contribution is 7.21. The second kappa shape index (κ2) is 6.23. The number of nitrogens with zero attached hydrogens (tertiary/aromatic N) is 4. The summed E-state index contributed by atoms with van der Waals surface area (Å²) in [6, 6.07) is 11.7. The quantitative estimate of drug-likeness (QED) is 0.577. The molecule has 130 valence electrons. The number of primary amides is 1. The van der Waals surface area contributed by atoms with Crippen LogP contribution in [0.5, 0.6) is 0 Å². The van der Waals surface area contributed by atoms with Crippen LogP contribution in [-0.2, 0) is 0 Å². The van der Waals surface area contributed by atoms with E-state index in [0.29, 0.717) is 11.3 Å². The largest absolute Gasteiger partial charge is 0.378 e. The Bertz CT molecular complexity index is 1120. The number of aromatic nitrogens is 3. The van der Waals surface area contributed by atoms with Gasteiger partial charge in [-0.3, -0.25) is 4.79 Å². The summed E-state index contributed by atoms with van der Waals surface area (Å²) >= 11 is 1.25. The van der Waals surface area contributed by atoms with Crippen molar-refractivity contribution in [2.24, 2.45) is 5.73 Å². The fraction of sp³-hybridized carbons (Fsp3) is 0.111. The van der Waals surface area contributed by atoms with Crippen LogP contribution in [-0.4, -0.2) is 35.0 Å². The maximum absolute atomic E-state index is 11.5. The summed E-state index contributed by atoms with van der Waals surface area (Å²) in [5.41, 5.74) is 8.88. The number of thiazole rings is 1. The summed E-state index contributed by atoms with van der Waals surface area (Å²) in [4.78, 5) is 26.5. The van der Waals surface area contributed by atoms with Gasteiger partial charge < -0.3 is 16.0 Å². The van der Waals surface area contributed by atoms with Gasteiger partial charge in [0.1, 0.15) is 12.1 Å². The molecular weight excluding hydrogens is 348 g/mol. The Kier molecular flexibility index (Phi) is 3.89. The first-order valence-electron chi connectivity index (χ1n) is 7.91. The highest BCUT2D eigenvalue weighted by atomic mass is 32.1. The van der Waals surface area contributed by atoms with E-state index in [9.17, 15) is 4.79 Å². The number of anilines is 3. The fourth-order valence-corrected chi connectivity index (χ4v) is 3.67. The lowest BCUT2D eigenvalue weighted by atomic mass is 10.2. The van der Waals surface area contributed by atoms with Crippen molar-refractivity contribution in [1.82, 2.24) is 15.0 Å². The topological polar surface area (TPSA) is 97.0 Å². The molecule has 0 radical (unpaired) electrons. The van der Waals surface area contributed by atoms with Crippen molar-refractivity contribution < 1.29 is 4.79 Å². The average molecular weight is 364 g/mol. The third-order valence-electron chi connectivity index (χ3n) is 4.01. The first-order chi connectivity index (χ1) is 12.5. The summed E-state index contributed by atoms with van der Waals surface area (Å²) < 4.78 is 0.837. The zero-order valence-electron chi connectivity index (χ0n) is 14.2. The second-order valence-electron chi connectivity index (χ2n) is 5.98. The van der Waals surface area contributed by atoms with Gasteiger partial charge in [-0.2, -0.15) is 0 Å². The molecule has 2 heterocycles. The molecule has 1 amide bonds. The zero-order valence-corrected chi connectivity index (χ0v) is 15.0. The van der Waals surface area contributed by atoms with E-state index in [4.69, 9.17) is 5.73 Å². The third-order valence-corrected chi connectivity index (χ3v) is 5.12. The van der Waals surface area contributed by atoms with Crippen LogP contribution in [0.25, 0.3) is 21.1 Å². The highest BCUT2D eigenvalue weighted by Crippen LogP contribution is 2.34. The molecule has 0 bridgehead atoms. The minimum Gasteiger partial charge on any atom is -0.378 e. The molecule has 4 aromatic rings. The van der Waals surface area contributed by atoms with Gasteiger partial charge in [0.15, 0.2) is 5.01 Å². The molecule has 4 rings (SSSR count). The van der Waals surface area contributed by atoms with Gasteiger partial charge in [-0.05, 0) is 36.4 Å². The lowest BCUT2D eigenvalue weighted by Gasteiger charge is -2.13. The summed E-state index contributed by atoms with van der Waals surface area (Å²) in [6.07, 6.45) is 1.51. The van der Waals surface area contributed by atoms with Crippen molar-refractivity contribution in [3.63, 3.8) is 0 Å². The van der Waals surface area contributed by atoms with Crippen molar-refractivity contribution >= 4 is 55.6 Å². The number of carbonyl (C=O) groups excluding carboxylic acids is 1. The summed E-state index contributed by atoms with van der Waals surface area (Å²) in [5.74, 6) is 0.128. The Morgan fingerprint density at radius 2 is 1.81 bits per heavy atom. The third kappa shape index (κ3) is 2.80. The van der Waals surface area contributed by atoms with E-state index in [-0.39, 0.29) is 5.01 Å². The lowest BCUT2D eigenvalue weighted by Crippen LogP contribution is -2.09. The van der Waals surface area contributed by atoms with Gasteiger partial charge in [0.05, 0.1) is 21.1 Å². The smallest absolute Gasteiger partial charge is 0.277 e. The van der Waals surface area contributed by atoms with Crippen LogP contribution >= 0.6 is 11.3 Å². The predicted octanol–water partition coefficient (Wildman–Crippen LogP) is 3.15. The molecule has 0 aliphatic heterocycles. The van der Waals surface area contributed by atoms with Gasteiger partial charge in [0.25, 0.3) is 5.91 Å². The van der Waals surface area contributed by atoms with E-state index in [1.54, 1.807) is 0 Å². The van der Waals surface area contributed by atoms with Gasteiger partial charge in [0, 0.05) is 25.5 Å². The Morgan fingerprint density at radius 1 is 1.08 bits per heavy atom. The van der Waals surface area contributed by atoms with E-state index in [0.717, 1.165) is 27.0 Å². The van der Waals surface area contributed by atoms with Crippen molar-refractivity contribution in [3.05, 3.63) is 47.7 Å². The van der Waals surface area contributed by atoms with Gasteiger partial charge in [-0.25, -0.2) is 15.0 Å². The minimum atomic E-state index is -0.537. The Morgan fingerprint density at radius 3 is 2.50 bits per heavy atom. The number of nitrogens with one attached hydrogen (secondary N) is 1. The SMILES string of the molecule is CN(C)c1ccc(Nc2ncnc3ccc4nc(C(N)=O)sc4c23)cc1. The number of amides is 1. The molecule has 0 unspecified atom stereocenters. The maximum Gasteiger partial charge on any atom is 0.277 e. The second-order valence-corrected chi connectivity index (χ2v) is 6.98. The first kappa shape index (κ1) is 16.2. The number of nitrogens with two attached hydrogens (primary N) is 1. The predicted molar refractivity (Wildman–Crippen MR) is 105 cm³/mol. The molecule has 0 atom stereocenters. The molecule has 8 heteroatoms. The molecule has 26 heavy (non-hydrogen) atoms. The molecule has 2 aromatic heterocycles. The monoisotopic (exact) mass is 364 g/mol. The Labute approximate surface area is 153 Å². The van der Waals surface area contributed by atoms with Crippen molar-refractivity contribution in [2.75, 3.05) is 24.3 Å². The molecule has 7 nitrogen and oxygen atoms in total. The van der Waals surface area contributed by atoms with Crippen LogP contribution in [0.15, 0.2) is 42.7 Å². The first-order valence-corrected chi connectivity index (χ1v) is 8.73. The zero-order chi connectivity index (χ0) is 18.3. The van der Waals surface area contributed by atoms with Crippen LogP contribution in [0.4, 0.5) is 17.2 Å². The van der Waals surface area contributed by atoms with E-state index >= 15 is 0 Å². The fourth-order valence-electron chi connectivity index (χ4n) is 2.71. The van der Waals surface area contributed by atoms with E-state index < -0.39 is 5.91 Å². The molecule has 0 aliphatic carbocycles. The number of hydrogen-bond acceptors (Lipinski definition) is 7. The summed E-state index contributed by atoms with van der Waals surface area (Å²) in [5, 5.41) is 4.44. The Balaban J connectivity index is 1.83. The van der Waals surface area contributed by atoms with Gasteiger partial charge >= 0.3 is 0 Å². The van der Waals surface area contributed by atoms with Crippen molar-refractivity contribution in [1.29, 1.82) is 0 Å². The molecular formula is C18H16N6OS. The normalized spacial score (nSPS) is 11.0. The standard InChI is InChI=1S/C18H16N6OS/c1-24(2)11-5-3-10(4-6-11)22-17-14-12(20-9-21-17)7-8-13-15(14)26-18(23-13)16(19)25/h3-9H,1-2H3,(H2,19,25)(H,20,21,22). The van der Waals surface area contributed by atoms with Gasteiger partial charge in [-0.1, -0.05) is 0 Å². The number of hydrogen-bond donors (Lipinski definition) is 2. The molecule has 0 saturated carbocycles. The van der Waals surface area contributed by atoms with Gasteiger partial charge in [-0.15, -0.1) is 11.3 Å². The summed E-state index contributed by atoms with van der Waals surface area (Å²) in [7, 11) is 3.99. The van der Waals surface area contributed by atoms with Crippen LogP contribution in [0.3, 0.4) is 0 Å². The Hall–Kier alpha value is -3.26. The van der Waals surface area contributed by atoms with Crippen LogP contribution in [0.1, 0.15) is 9.80 Å². The molecule has 0 saturated heterocycles. The number of fused-ring (bicyclic) bond motifs is 3. The molecule has 0 aliphatic rings. The number of benzene rings is 2.